The predicted molar refractivity (Wildman–Crippen MR) is 115 cm³/mol. The van der Waals surface area contributed by atoms with E-state index < -0.39 is 0 Å². The van der Waals surface area contributed by atoms with Gasteiger partial charge < -0.3 is 24.8 Å². The number of aryl methyl sites for hydroxylation is 3. The van der Waals surface area contributed by atoms with Gasteiger partial charge in [0.25, 0.3) is 5.91 Å². The number of hydrogen-bond acceptors (Lipinski definition) is 5. The predicted octanol–water partition coefficient (Wildman–Crippen LogP) is 2.69. The Morgan fingerprint density at radius 3 is 2.52 bits per heavy atom. The van der Waals surface area contributed by atoms with E-state index in [1.807, 2.05) is 27.7 Å². The van der Waals surface area contributed by atoms with Gasteiger partial charge in [0.1, 0.15) is 12.3 Å². The van der Waals surface area contributed by atoms with Crippen LogP contribution in [0.4, 0.5) is 0 Å². The third kappa shape index (κ3) is 7.24. The number of aliphatic imine (C=N–C) groups is 1. The van der Waals surface area contributed by atoms with E-state index in [-0.39, 0.29) is 29.9 Å². The van der Waals surface area contributed by atoms with Crippen molar-refractivity contribution in [2.45, 2.75) is 40.7 Å². The zero-order chi connectivity index (χ0) is 18.9. The number of carbonyl (C=O) groups excluding carboxylic acids is 1. The highest BCUT2D eigenvalue weighted by atomic mass is 127. The van der Waals surface area contributed by atoms with Gasteiger partial charge in [-0.2, -0.15) is 0 Å². The second kappa shape index (κ2) is 11.6. The Kier molecular flexibility index (Phi) is 9.90. The molecular formula is C18H28IN5O3. The van der Waals surface area contributed by atoms with Gasteiger partial charge in [0, 0.05) is 25.2 Å². The van der Waals surface area contributed by atoms with Crippen molar-refractivity contribution < 1.29 is 13.6 Å². The molecule has 2 rings (SSSR count). The maximum atomic E-state index is 11.9. The van der Waals surface area contributed by atoms with Crippen molar-refractivity contribution in [2.24, 2.45) is 4.99 Å². The summed E-state index contributed by atoms with van der Waals surface area (Å²) in [4.78, 5) is 20.7. The van der Waals surface area contributed by atoms with Crippen LogP contribution in [0.1, 0.15) is 46.8 Å². The van der Waals surface area contributed by atoms with E-state index in [9.17, 15) is 4.79 Å². The van der Waals surface area contributed by atoms with Gasteiger partial charge in [0.15, 0.2) is 11.7 Å². The van der Waals surface area contributed by atoms with Gasteiger partial charge in [-0.05, 0) is 40.2 Å². The maximum absolute atomic E-state index is 11.9. The molecule has 0 bridgehead atoms. The fourth-order valence-electron chi connectivity index (χ4n) is 2.28. The summed E-state index contributed by atoms with van der Waals surface area (Å²) < 4.78 is 10.7. The molecule has 0 aromatic carbocycles. The van der Waals surface area contributed by atoms with E-state index in [0.29, 0.717) is 37.2 Å². The van der Waals surface area contributed by atoms with Gasteiger partial charge >= 0.3 is 0 Å². The smallest absolute Gasteiger partial charge is 0.287 e. The summed E-state index contributed by atoms with van der Waals surface area (Å²) >= 11 is 0. The van der Waals surface area contributed by atoms with Crippen LogP contribution in [0.5, 0.6) is 0 Å². The van der Waals surface area contributed by atoms with Gasteiger partial charge in [-0.15, -0.1) is 24.0 Å². The number of halogens is 1. The third-order valence-corrected chi connectivity index (χ3v) is 3.79. The van der Waals surface area contributed by atoms with Gasteiger partial charge in [-0.1, -0.05) is 0 Å². The zero-order valence-corrected chi connectivity index (χ0v) is 18.5. The number of guanidine groups is 1. The van der Waals surface area contributed by atoms with Crippen molar-refractivity contribution >= 4 is 35.8 Å². The average Bonchev–Trinajstić information content (AvgIpc) is 3.17. The number of rotatable bonds is 8. The number of hydrogen-bond donors (Lipinski definition) is 3. The molecule has 3 N–H and O–H groups in total. The molecule has 0 spiro atoms. The molecule has 0 aliphatic heterocycles. The van der Waals surface area contributed by atoms with E-state index >= 15 is 0 Å². The van der Waals surface area contributed by atoms with Crippen molar-refractivity contribution in [2.75, 3.05) is 19.6 Å². The summed E-state index contributed by atoms with van der Waals surface area (Å²) in [6.07, 6.45) is 2.27. The molecule has 0 atom stereocenters. The Morgan fingerprint density at radius 2 is 1.93 bits per heavy atom. The largest absolute Gasteiger partial charge is 0.459 e. The highest BCUT2D eigenvalue weighted by Crippen LogP contribution is 2.09. The van der Waals surface area contributed by atoms with Crippen molar-refractivity contribution in [3.63, 3.8) is 0 Å². The summed E-state index contributed by atoms with van der Waals surface area (Å²) in [6.45, 7) is 9.99. The molecule has 0 saturated heterocycles. The molecule has 0 aliphatic rings. The normalized spacial score (nSPS) is 11.0. The number of nitrogens with zero attached hydrogens (tertiary/aromatic N) is 2. The van der Waals surface area contributed by atoms with Crippen LogP contribution in [-0.2, 0) is 6.54 Å². The first-order chi connectivity index (χ1) is 12.5. The summed E-state index contributed by atoms with van der Waals surface area (Å²) in [6, 6.07) is 1.77. The maximum Gasteiger partial charge on any atom is 0.287 e. The lowest BCUT2D eigenvalue weighted by molar-refractivity contribution is 0.0925. The number of aromatic nitrogens is 1. The molecule has 0 fully saturated rings. The first kappa shape index (κ1) is 23.0. The molecule has 0 unspecified atom stereocenters. The van der Waals surface area contributed by atoms with Crippen LogP contribution < -0.4 is 16.0 Å². The lowest BCUT2D eigenvalue weighted by Crippen LogP contribution is -2.38. The first-order valence-corrected chi connectivity index (χ1v) is 8.78. The second-order valence-electron chi connectivity index (χ2n) is 5.91. The van der Waals surface area contributed by atoms with Crippen LogP contribution in [-0.4, -0.2) is 36.5 Å². The average molecular weight is 489 g/mol. The Bertz CT molecular complexity index is 735. The van der Waals surface area contributed by atoms with Gasteiger partial charge in [0.05, 0.1) is 12.0 Å². The monoisotopic (exact) mass is 489 g/mol. The summed E-state index contributed by atoms with van der Waals surface area (Å²) in [5, 5.41) is 9.24. The second-order valence-corrected chi connectivity index (χ2v) is 5.91. The molecule has 0 aliphatic carbocycles. The van der Waals surface area contributed by atoms with Crippen molar-refractivity contribution in [3.8, 4) is 0 Å². The standard InChI is InChI=1S/C18H27N5O3.HI/c1-5-19-18(22-11-15-23-13(3)14(4)26-15)21-9-6-8-20-17(24)16-12(2)7-10-25-16;/h7,10H,5-6,8-9,11H2,1-4H3,(H,20,24)(H2,19,21,22);1H. The van der Waals surface area contributed by atoms with E-state index in [1.54, 1.807) is 6.07 Å². The topological polar surface area (TPSA) is 105 Å². The SMILES string of the molecule is CCNC(=NCc1nc(C)c(C)o1)NCCCNC(=O)c1occc1C.I. The quantitative estimate of drug-likeness (QED) is 0.228. The fraction of sp³-hybridized carbons (Fsp3) is 0.500. The van der Waals surface area contributed by atoms with Crippen molar-refractivity contribution in [3.05, 3.63) is 41.0 Å². The fourth-order valence-corrected chi connectivity index (χ4v) is 2.28. The number of carbonyl (C=O) groups is 1. The van der Waals surface area contributed by atoms with Crippen LogP contribution in [0.2, 0.25) is 0 Å². The molecule has 0 radical (unpaired) electrons. The minimum Gasteiger partial charge on any atom is -0.459 e. The summed E-state index contributed by atoms with van der Waals surface area (Å²) in [5.74, 6) is 2.27. The van der Waals surface area contributed by atoms with E-state index in [2.05, 4.69) is 25.9 Å². The molecule has 2 heterocycles. The summed E-state index contributed by atoms with van der Waals surface area (Å²) in [5.41, 5.74) is 1.72. The lowest BCUT2D eigenvalue weighted by atomic mass is 10.2. The Labute approximate surface area is 176 Å². The zero-order valence-electron chi connectivity index (χ0n) is 16.2. The third-order valence-electron chi connectivity index (χ3n) is 3.79. The van der Waals surface area contributed by atoms with E-state index in [4.69, 9.17) is 8.83 Å². The van der Waals surface area contributed by atoms with Crippen LogP contribution in [0.15, 0.2) is 26.2 Å². The summed E-state index contributed by atoms with van der Waals surface area (Å²) in [7, 11) is 0. The van der Waals surface area contributed by atoms with Gasteiger partial charge in [-0.25, -0.2) is 9.98 Å². The van der Waals surface area contributed by atoms with Gasteiger partial charge in [-0.3, -0.25) is 4.79 Å². The molecule has 2 aromatic heterocycles. The molecule has 0 saturated carbocycles. The number of furan rings is 1. The number of nitrogens with one attached hydrogen (secondary N) is 3. The van der Waals surface area contributed by atoms with Crippen molar-refractivity contribution in [1.82, 2.24) is 20.9 Å². The molecule has 27 heavy (non-hydrogen) atoms. The minimum absolute atomic E-state index is 0. The van der Waals surface area contributed by atoms with Crippen molar-refractivity contribution in [1.29, 1.82) is 0 Å². The van der Waals surface area contributed by atoms with E-state index in [0.717, 1.165) is 30.0 Å². The number of amides is 1. The molecule has 150 valence electrons. The molecule has 1 amide bonds. The lowest BCUT2D eigenvalue weighted by Gasteiger charge is -2.11. The van der Waals surface area contributed by atoms with Crippen LogP contribution in [0.3, 0.4) is 0 Å². The molecule has 2 aromatic rings. The highest BCUT2D eigenvalue weighted by Gasteiger charge is 2.11. The van der Waals surface area contributed by atoms with E-state index in [1.165, 1.54) is 6.26 Å². The van der Waals surface area contributed by atoms with Crippen LogP contribution >= 0.6 is 24.0 Å². The Hall–Kier alpha value is -2.04. The molecule has 8 nitrogen and oxygen atoms in total. The Balaban J connectivity index is 0.00000364. The molecule has 9 heteroatoms. The minimum atomic E-state index is -0.192. The van der Waals surface area contributed by atoms with Crippen LogP contribution in [0.25, 0.3) is 0 Å². The number of oxazole rings is 1. The van der Waals surface area contributed by atoms with Gasteiger partial charge in [0.2, 0.25) is 5.89 Å². The first-order valence-electron chi connectivity index (χ1n) is 8.78. The Morgan fingerprint density at radius 1 is 1.19 bits per heavy atom. The molecular weight excluding hydrogens is 461 g/mol. The highest BCUT2D eigenvalue weighted by molar-refractivity contribution is 14.0. The van der Waals surface area contributed by atoms with Crippen LogP contribution in [0, 0.1) is 20.8 Å².